The Hall–Kier alpha value is -2.71. The average Bonchev–Trinajstić information content (AvgIpc) is 3.82. The summed E-state index contributed by atoms with van der Waals surface area (Å²) in [7, 11) is -3.32. The second-order valence-corrected chi connectivity index (χ2v) is 14.9. The minimum Gasteiger partial charge on any atom is -0.379 e. The highest BCUT2D eigenvalue weighted by Crippen LogP contribution is 2.34. The van der Waals surface area contributed by atoms with Crippen molar-refractivity contribution in [3.05, 3.63) is 74.9 Å². The van der Waals surface area contributed by atoms with Gasteiger partial charge < -0.3 is 4.74 Å². The fourth-order valence-corrected chi connectivity index (χ4v) is 7.70. The molecule has 0 bridgehead atoms. The maximum atomic E-state index is 12.5. The standard InChI is InChI=1S/C34H40ClN5O3S/c1-44(41,42)39-16-12-33-31(24-39)34(36-40(33)14-2-13-37-17-19-43-20-18-37)28-7-10-32(35)27(22-28)5-3-25-4-6-29-23-38(30-8-9-30)15-11-26(29)21-25/h4,6-7,10,21-22,30H,2,8-9,11-20,23-24H2,1H3. The fourth-order valence-electron chi connectivity index (χ4n) is 6.75. The summed E-state index contributed by atoms with van der Waals surface area (Å²) >= 11 is 6.66. The van der Waals surface area contributed by atoms with Crippen LogP contribution in [0.5, 0.6) is 0 Å². The van der Waals surface area contributed by atoms with Crippen molar-refractivity contribution in [1.29, 1.82) is 0 Å². The van der Waals surface area contributed by atoms with Crippen molar-refractivity contribution in [3.63, 3.8) is 0 Å². The quantitative estimate of drug-likeness (QED) is 0.364. The lowest BCUT2D eigenvalue weighted by Crippen LogP contribution is -2.37. The van der Waals surface area contributed by atoms with Crippen molar-refractivity contribution < 1.29 is 13.2 Å². The minimum atomic E-state index is -3.32. The second kappa shape index (κ2) is 12.6. The van der Waals surface area contributed by atoms with Crippen LogP contribution in [0.4, 0.5) is 0 Å². The fraction of sp³-hybridized carbons (Fsp3) is 0.500. The van der Waals surface area contributed by atoms with E-state index in [1.54, 1.807) is 4.31 Å². The van der Waals surface area contributed by atoms with Gasteiger partial charge in [0.15, 0.2) is 0 Å². The summed E-state index contributed by atoms with van der Waals surface area (Å²) in [4.78, 5) is 5.04. The van der Waals surface area contributed by atoms with Crippen LogP contribution in [0.1, 0.15) is 52.8 Å². The summed E-state index contributed by atoms with van der Waals surface area (Å²) in [6.45, 7) is 8.25. The van der Waals surface area contributed by atoms with Crippen molar-refractivity contribution in [3.8, 4) is 23.1 Å². The number of benzene rings is 2. The lowest BCUT2D eigenvalue weighted by Gasteiger charge is -2.28. The molecule has 2 fully saturated rings. The lowest BCUT2D eigenvalue weighted by atomic mass is 9.97. The number of ether oxygens (including phenoxy) is 1. The first kappa shape index (κ1) is 30.0. The van der Waals surface area contributed by atoms with Gasteiger partial charge in [0, 0.05) is 92.8 Å². The minimum absolute atomic E-state index is 0.323. The second-order valence-electron chi connectivity index (χ2n) is 12.5. The lowest BCUT2D eigenvalue weighted by molar-refractivity contribution is 0.0368. The molecule has 3 aromatic rings. The van der Waals surface area contributed by atoms with Crippen LogP contribution in [0.3, 0.4) is 0 Å². The van der Waals surface area contributed by atoms with E-state index >= 15 is 0 Å². The molecule has 3 aliphatic heterocycles. The molecular formula is C34H40ClN5O3S. The molecule has 0 amide bonds. The number of aromatic nitrogens is 2. The summed E-state index contributed by atoms with van der Waals surface area (Å²) in [5.74, 6) is 6.68. The van der Waals surface area contributed by atoms with E-state index in [2.05, 4.69) is 44.5 Å². The van der Waals surface area contributed by atoms with Crippen LogP contribution in [-0.2, 0) is 47.2 Å². The van der Waals surface area contributed by atoms with Gasteiger partial charge in [-0.3, -0.25) is 14.5 Å². The number of rotatable bonds is 7. The van der Waals surface area contributed by atoms with E-state index in [9.17, 15) is 8.42 Å². The van der Waals surface area contributed by atoms with E-state index in [1.807, 2.05) is 18.2 Å². The largest absolute Gasteiger partial charge is 0.379 e. The van der Waals surface area contributed by atoms with Crippen LogP contribution in [-0.4, -0.2) is 90.5 Å². The van der Waals surface area contributed by atoms with Crippen LogP contribution in [0.2, 0.25) is 5.02 Å². The van der Waals surface area contributed by atoms with Gasteiger partial charge in [0.25, 0.3) is 0 Å². The van der Waals surface area contributed by atoms with Crippen molar-refractivity contribution in [2.24, 2.45) is 0 Å². The zero-order valence-corrected chi connectivity index (χ0v) is 27.0. The van der Waals surface area contributed by atoms with Crippen molar-refractivity contribution in [2.75, 3.05) is 52.2 Å². The molecule has 0 atom stereocenters. The molecule has 0 radical (unpaired) electrons. The van der Waals surface area contributed by atoms with Gasteiger partial charge in [-0.15, -0.1) is 0 Å². The molecule has 4 heterocycles. The van der Waals surface area contributed by atoms with Gasteiger partial charge in [0.1, 0.15) is 0 Å². The van der Waals surface area contributed by atoms with Gasteiger partial charge in [-0.1, -0.05) is 35.6 Å². The molecule has 10 heteroatoms. The Balaban J connectivity index is 1.15. The topological polar surface area (TPSA) is 70.9 Å². The Morgan fingerprint density at radius 2 is 1.80 bits per heavy atom. The van der Waals surface area contributed by atoms with Crippen molar-refractivity contribution in [1.82, 2.24) is 23.9 Å². The molecule has 0 unspecified atom stereocenters. The van der Waals surface area contributed by atoms with Crippen LogP contribution in [0, 0.1) is 11.8 Å². The highest BCUT2D eigenvalue weighted by atomic mass is 35.5. The Bertz CT molecular complexity index is 1720. The van der Waals surface area contributed by atoms with E-state index < -0.39 is 10.0 Å². The molecule has 2 aromatic carbocycles. The number of hydrogen-bond acceptors (Lipinski definition) is 6. The third-order valence-electron chi connectivity index (χ3n) is 9.41. The van der Waals surface area contributed by atoms with Gasteiger partial charge in [-0.05, 0) is 61.1 Å². The highest BCUT2D eigenvalue weighted by molar-refractivity contribution is 7.88. The van der Waals surface area contributed by atoms with E-state index in [0.29, 0.717) is 24.5 Å². The first-order valence-electron chi connectivity index (χ1n) is 15.8. The van der Waals surface area contributed by atoms with Crippen LogP contribution >= 0.6 is 11.6 Å². The first-order valence-corrected chi connectivity index (χ1v) is 18.1. The summed E-state index contributed by atoms with van der Waals surface area (Å²) in [6, 6.07) is 13.2. The average molecular weight is 634 g/mol. The van der Waals surface area contributed by atoms with Gasteiger partial charge >= 0.3 is 0 Å². The Morgan fingerprint density at radius 3 is 2.59 bits per heavy atom. The maximum absolute atomic E-state index is 12.5. The van der Waals surface area contributed by atoms with E-state index in [1.165, 1.54) is 30.2 Å². The molecule has 8 nitrogen and oxygen atoms in total. The Morgan fingerprint density at radius 1 is 0.955 bits per heavy atom. The maximum Gasteiger partial charge on any atom is 0.211 e. The summed E-state index contributed by atoms with van der Waals surface area (Å²) in [6.07, 6.45) is 6.65. The van der Waals surface area contributed by atoms with E-state index in [-0.39, 0.29) is 0 Å². The van der Waals surface area contributed by atoms with E-state index in [4.69, 9.17) is 21.4 Å². The molecule has 0 N–H and O–H groups in total. The third-order valence-corrected chi connectivity index (χ3v) is 11.0. The number of hydrogen-bond donors (Lipinski definition) is 0. The molecule has 1 saturated heterocycles. The smallest absolute Gasteiger partial charge is 0.211 e. The molecule has 232 valence electrons. The van der Waals surface area contributed by atoms with Gasteiger partial charge in [-0.2, -0.15) is 9.40 Å². The first-order chi connectivity index (χ1) is 21.3. The van der Waals surface area contributed by atoms with Crippen LogP contribution < -0.4 is 0 Å². The Labute approximate surface area is 266 Å². The molecular weight excluding hydrogens is 594 g/mol. The van der Waals surface area contributed by atoms with E-state index in [0.717, 1.165) is 105 Å². The zero-order chi connectivity index (χ0) is 30.3. The SMILES string of the molecule is CS(=O)(=O)N1CCc2c(c(-c3ccc(Cl)c(C#Cc4ccc5c(c4)CCN(C4CC4)C5)c3)nn2CCCN2CCOCC2)C1. The normalized spacial score (nSPS) is 19.7. The number of fused-ring (bicyclic) bond motifs is 2. The number of sulfonamides is 1. The van der Waals surface area contributed by atoms with Gasteiger partial charge in [0.2, 0.25) is 10.0 Å². The van der Waals surface area contributed by atoms with Crippen LogP contribution in [0.15, 0.2) is 36.4 Å². The molecule has 7 rings (SSSR count). The zero-order valence-electron chi connectivity index (χ0n) is 25.4. The third kappa shape index (κ3) is 6.62. The monoisotopic (exact) mass is 633 g/mol. The van der Waals surface area contributed by atoms with Crippen molar-refractivity contribution in [2.45, 2.75) is 57.8 Å². The van der Waals surface area contributed by atoms with Crippen molar-refractivity contribution >= 4 is 21.6 Å². The predicted molar refractivity (Wildman–Crippen MR) is 173 cm³/mol. The molecule has 44 heavy (non-hydrogen) atoms. The molecule has 0 spiro atoms. The molecule has 1 saturated carbocycles. The summed E-state index contributed by atoms with van der Waals surface area (Å²) in [5.41, 5.74) is 8.38. The number of halogens is 1. The number of morpholine rings is 1. The van der Waals surface area contributed by atoms with Gasteiger partial charge in [0.05, 0.1) is 30.2 Å². The summed E-state index contributed by atoms with van der Waals surface area (Å²) < 4.78 is 34.1. The Kier molecular flexibility index (Phi) is 8.57. The number of aryl methyl sites for hydroxylation is 1. The van der Waals surface area contributed by atoms with Crippen LogP contribution in [0.25, 0.3) is 11.3 Å². The van der Waals surface area contributed by atoms with Gasteiger partial charge in [-0.25, -0.2) is 8.42 Å². The predicted octanol–water partition coefficient (Wildman–Crippen LogP) is 4.16. The highest BCUT2D eigenvalue weighted by Gasteiger charge is 2.31. The molecule has 1 aromatic heterocycles. The summed E-state index contributed by atoms with van der Waals surface area (Å²) in [5, 5.41) is 5.67. The number of nitrogens with zero attached hydrogens (tertiary/aromatic N) is 5. The molecule has 4 aliphatic rings. The molecule has 1 aliphatic carbocycles.